The second kappa shape index (κ2) is 3.57. The fraction of sp³-hybridized carbons (Fsp3) is 0. The molecule has 0 atom stereocenters. The van der Waals surface area contributed by atoms with Gasteiger partial charge in [-0.2, -0.15) is 0 Å². The lowest BCUT2D eigenvalue weighted by molar-refractivity contribution is 0.321. The SMILES string of the molecule is C=Cc1ccc(O)c(/C=N/O)c1. The molecule has 3 heteroatoms. The summed E-state index contributed by atoms with van der Waals surface area (Å²) in [5.41, 5.74) is 1.33. The molecule has 0 heterocycles. The van der Waals surface area contributed by atoms with Crippen LogP contribution in [0.25, 0.3) is 6.08 Å². The van der Waals surface area contributed by atoms with Crippen molar-refractivity contribution < 1.29 is 10.3 Å². The number of hydrogen-bond acceptors (Lipinski definition) is 3. The van der Waals surface area contributed by atoms with Crippen LogP contribution < -0.4 is 0 Å². The van der Waals surface area contributed by atoms with Crippen LogP contribution in [0.5, 0.6) is 5.75 Å². The fourth-order valence-electron chi connectivity index (χ4n) is 0.866. The largest absolute Gasteiger partial charge is 0.507 e. The maximum atomic E-state index is 9.22. The summed E-state index contributed by atoms with van der Waals surface area (Å²) in [5.74, 6) is 0.0819. The molecule has 0 aliphatic carbocycles. The van der Waals surface area contributed by atoms with Crippen LogP contribution in [0.3, 0.4) is 0 Å². The number of aromatic hydroxyl groups is 1. The van der Waals surface area contributed by atoms with Crippen molar-refractivity contribution in [2.45, 2.75) is 0 Å². The van der Waals surface area contributed by atoms with Gasteiger partial charge in [-0.1, -0.05) is 23.9 Å². The fourth-order valence-corrected chi connectivity index (χ4v) is 0.866. The Morgan fingerprint density at radius 1 is 1.42 bits per heavy atom. The Labute approximate surface area is 70.3 Å². The van der Waals surface area contributed by atoms with Crippen molar-refractivity contribution in [1.29, 1.82) is 0 Å². The van der Waals surface area contributed by atoms with E-state index in [0.717, 1.165) is 5.56 Å². The van der Waals surface area contributed by atoms with Gasteiger partial charge in [-0.3, -0.25) is 0 Å². The molecule has 0 aromatic heterocycles. The molecule has 0 unspecified atom stereocenters. The molecular formula is C9H9NO2. The molecular weight excluding hydrogens is 154 g/mol. The number of oxime groups is 1. The minimum atomic E-state index is 0.0819. The van der Waals surface area contributed by atoms with E-state index in [2.05, 4.69) is 11.7 Å². The molecule has 0 spiro atoms. The highest BCUT2D eigenvalue weighted by Crippen LogP contribution is 2.16. The van der Waals surface area contributed by atoms with E-state index < -0.39 is 0 Å². The molecule has 62 valence electrons. The molecule has 0 aliphatic rings. The Bertz CT molecular complexity index is 318. The summed E-state index contributed by atoms with van der Waals surface area (Å²) >= 11 is 0. The average Bonchev–Trinajstić information content (AvgIpc) is 2.09. The molecule has 1 aromatic carbocycles. The maximum absolute atomic E-state index is 9.22. The second-order valence-electron chi connectivity index (χ2n) is 2.27. The van der Waals surface area contributed by atoms with Crippen LogP contribution in [0.15, 0.2) is 29.9 Å². The van der Waals surface area contributed by atoms with E-state index in [1.165, 1.54) is 12.3 Å². The Balaban J connectivity index is 3.16. The van der Waals surface area contributed by atoms with Crippen molar-refractivity contribution in [2.24, 2.45) is 5.16 Å². The highest BCUT2D eigenvalue weighted by molar-refractivity contribution is 5.84. The quantitative estimate of drug-likeness (QED) is 0.397. The lowest BCUT2D eigenvalue weighted by Crippen LogP contribution is -1.83. The third-order valence-corrected chi connectivity index (χ3v) is 1.48. The minimum Gasteiger partial charge on any atom is -0.507 e. The van der Waals surface area contributed by atoms with Crippen molar-refractivity contribution in [3.63, 3.8) is 0 Å². The van der Waals surface area contributed by atoms with Gasteiger partial charge in [0, 0.05) is 5.56 Å². The molecule has 1 aromatic rings. The van der Waals surface area contributed by atoms with Gasteiger partial charge < -0.3 is 10.3 Å². The van der Waals surface area contributed by atoms with Crippen molar-refractivity contribution in [3.05, 3.63) is 35.9 Å². The third kappa shape index (κ3) is 1.63. The van der Waals surface area contributed by atoms with Gasteiger partial charge in [0.15, 0.2) is 0 Å². The van der Waals surface area contributed by atoms with Gasteiger partial charge in [-0.25, -0.2) is 0 Å². The number of nitrogens with zero attached hydrogens (tertiary/aromatic N) is 1. The predicted molar refractivity (Wildman–Crippen MR) is 47.6 cm³/mol. The van der Waals surface area contributed by atoms with Crippen LogP contribution in [-0.4, -0.2) is 16.5 Å². The van der Waals surface area contributed by atoms with Gasteiger partial charge in [0.05, 0.1) is 6.21 Å². The van der Waals surface area contributed by atoms with E-state index in [1.807, 2.05) is 0 Å². The summed E-state index contributed by atoms with van der Waals surface area (Å²) < 4.78 is 0. The van der Waals surface area contributed by atoms with Crippen LogP contribution in [-0.2, 0) is 0 Å². The van der Waals surface area contributed by atoms with Gasteiger partial charge in [0.2, 0.25) is 0 Å². The van der Waals surface area contributed by atoms with E-state index in [-0.39, 0.29) is 5.75 Å². The zero-order valence-electron chi connectivity index (χ0n) is 6.44. The first-order valence-electron chi connectivity index (χ1n) is 3.41. The Morgan fingerprint density at radius 3 is 2.75 bits per heavy atom. The summed E-state index contributed by atoms with van der Waals surface area (Å²) in [6, 6.07) is 4.91. The lowest BCUT2D eigenvalue weighted by atomic mass is 10.1. The van der Waals surface area contributed by atoms with E-state index in [4.69, 9.17) is 5.21 Å². The van der Waals surface area contributed by atoms with Crippen LogP contribution in [0.4, 0.5) is 0 Å². The van der Waals surface area contributed by atoms with Gasteiger partial charge in [-0.05, 0) is 17.7 Å². The minimum absolute atomic E-state index is 0.0819. The van der Waals surface area contributed by atoms with E-state index in [0.29, 0.717) is 5.56 Å². The maximum Gasteiger partial charge on any atom is 0.124 e. The number of rotatable bonds is 2. The summed E-state index contributed by atoms with van der Waals surface area (Å²) in [6.45, 7) is 3.57. The summed E-state index contributed by atoms with van der Waals surface area (Å²) in [6.07, 6.45) is 2.82. The molecule has 0 radical (unpaired) electrons. The molecule has 3 nitrogen and oxygen atoms in total. The molecule has 12 heavy (non-hydrogen) atoms. The standard InChI is InChI=1S/C9H9NO2/c1-2-7-3-4-9(11)8(5-7)6-10-12/h2-6,11-12H,1H2/b10-6+. The van der Waals surface area contributed by atoms with Crippen molar-refractivity contribution in [3.8, 4) is 5.75 Å². The van der Waals surface area contributed by atoms with Gasteiger partial charge in [0.1, 0.15) is 5.75 Å². The molecule has 0 saturated heterocycles. The molecule has 0 fully saturated rings. The topological polar surface area (TPSA) is 52.8 Å². The second-order valence-corrected chi connectivity index (χ2v) is 2.27. The zero-order chi connectivity index (χ0) is 8.97. The van der Waals surface area contributed by atoms with Crippen molar-refractivity contribution in [1.82, 2.24) is 0 Å². The highest BCUT2D eigenvalue weighted by Gasteiger charge is 1.97. The van der Waals surface area contributed by atoms with Gasteiger partial charge in [-0.15, -0.1) is 0 Å². The van der Waals surface area contributed by atoms with Crippen LogP contribution in [0.2, 0.25) is 0 Å². The molecule has 0 amide bonds. The number of hydrogen-bond donors (Lipinski definition) is 2. The molecule has 0 aliphatic heterocycles. The lowest BCUT2D eigenvalue weighted by Gasteiger charge is -1.98. The van der Waals surface area contributed by atoms with Crippen LogP contribution in [0.1, 0.15) is 11.1 Å². The van der Waals surface area contributed by atoms with Crippen molar-refractivity contribution in [2.75, 3.05) is 0 Å². The number of phenols is 1. The monoisotopic (exact) mass is 163 g/mol. The van der Waals surface area contributed by atoms with Gasteiger partial charge >= 0.3 is 0 Å². The summed E-state index contributed by atoms with van der Waals surface area (Å²) in [5, 5.41) is 20.3. The van der Waals surface area contributed by atoms with Gasteiger partial charge in [0.25, 0.3) is 0 Å². The summed E-state index contributed by atoms with van der Waals surface area (Å²) in [7, 11) is 0. The number of phenolic OH excluding ortho intramolecular Hbond substituents is 1. The molecule has 0 bridgehead atoms. The van der Waals surface area contributed by atoms with Crippen LogP contribution >= 0.6 is 0 Å². The Morgan fingerprint density at radius 2 is 2.17 bits per heavy atom. The Kier molecular flexibility index (Phi) is 2.48. The summed E-state index contributed by atoms with van der Waals surface area (Å²) in [4.78, 5) is 0. The average molecular weight is 163 g/mol. The van der Waals surface area contributed by atoms with E-state index >= 15 is 0 Å². The molecule has 2 N–H and O–H groups in total. The zero-order valence-corrected chi connectivity index (χ0v) is 6.44. The predicted octanol–water partition coefficient (Wildman–Crippen LogP) is 1.84. The number of benzene rings is 1. The Hall–Kier alpha value is -1.77. The van der Waals surface area contributed by atoms with Crippen molar-refractivity contribution >= 4 is 12.3 Å². The van der Waals surface area contributed by atoms with E-state index in [1.54, 1.807) is 18.2 Å². The molecule has 1 rings (SSSR count). The highest BCUT2D eigenvalue weighted by atomic mass is 16.4. The van der Waals surface area contributed by atoms with E-state index in [9.17, 15) is 5.11 Å². The first kappa shape index (κ1) is 8.33. The first-order valence-corrected chi connectivity index (χ1v) is 3.41. The third-order valence-electron chi connectivity index (χ3n) is 1.48. The normalized spacial score (nSPS) is 10.3. The molecule has 0 saturated carbocycles. The van der Waals surface area contributed by atoms with Crippen LogP contribution in [0, 0.1) is 0 Å². The first-order chi connectivity index (χ1) is 5.77. The smallest absolute Gasteiger partial charge is 0.124 e.